The first-order valence-corrected chi connectivity index (χ1v) is 5.60. The van der Waals surface area contributed by atoms with Gasteiger partial charge < -0.3 is 5.32 Å². The first kappa shape index (κ1) is 12.3. The molecule has 0 atom stereocenters. The van der Waals surface area contributed by atoms with Crippen LogP contribution in [0.2, 0.25) is 0 Å². The Morgan fingerprint density at radius 2 is 2.22 bits per heavy atom. The fourth-order valence-electron chi connectivity index (χ4n) is 1.65. The Bertz CT molecular complexity index is 577. The molecule has 5 heteroatoms. The molecule has 0 radical (unpaired) electrons. The summed E-state index contributed by atoms with van der Waals surface area (Å²) in [5.74, 6) is -0.905. The maximum Gasteiger partial charge on any atom is 0.254 e. The molecule has 0 spiro atoms. The minimum atomic E-state index is -0.476. The summed E-state index contributed by atoms with van der Waals surface area (Å²) in [4.78, 5) is 11.8. The molecule has 1 aromatic carbocycles. The summed E-state index contributed by atoms with van der Waals surface area (Å²) in [7, 11) is 1.80. The molecule has 0 bridgehead atoms. The third-order valence-electron chi connectivity index (χ3n) is 2.64. The second kappa shape index (κ2) is 5.00. The zero-order chi connectivity index (χ0) is 13.1. The lowest BCUT2D eigenvalue weighted by atomic mass is 10.1. The fraction of sp³-hybridized carbons (Fsp3) is 0.231. The summed E-state index contributed by atoms with van der Waals surface area (Å²) in [5, 5.41) is 6.77. The Balaban J connectivity index is 2.06. The largest absolute Gasteiger partial charge is 0.346 e. The number of rotatable bonds is 3. The number of nitrogens with zero attached hydrogens (tertiary/aromatic N) is 2. The Morgan fingerprint density at radius 3 is 2.89 bits per heavy atom. The average Bonchev–Trinajstić information content (AvgIpc) is 2.76. The van der Waals surface area contributed by atoms with Crippen LogP contribution in [0.15, 0.2) is 30.5 Å². The van der Waals surface area contributed by atoms with Crippen LogP contribution in [0.5, 0.6) is 0 Å². The molecule has 0 aliphatic carbocycles. The van der Waals surface area contributed by atoms with Crippen LogP contribution in [0.25, 0.3) is 0 Å². The molecule has 1 heterocycles. The highest BCUT2D eigenvalue weighted by atomic mass is 19.1. The molecule has 2 rings (SSSR count). The second-order valence-corrected chi connectivity index (χ2v) is 4.10. The van der Waals surface area contributed by atoms with Crippen molar-refractivity contribution in [3.63, 3.8) is 0 Å². The number of carbonyl (C=O) groups excluding carboxylic acids is 1. The lowest BCUT2D eigenvalue weighted by molar-refractivity contribution is 0.0946. The summed E-state index contributed by atoms with van der Waals surface area (Å²) in [6.07, 6.45) is 1.79. The van der Waals surface area contributed by atoms with Crippen LogP contribution in [-0.2, 0) is 13.6 Å². The third kappa shape index (κ3) is 2.56. The molecule has 1 N–H and O–H groups in total. The predicted octanol–water partition coefficient (Wildman–Crippen LogP) is 1.80. The molecule has 0 aliphatic heterocycles. The number of benzene rings is 1. The number of halogens is 1. The smallest absolute Gasteiger partial charge is 0.254 e. The van der Waals surface area contributed by atoms with Gasteiger partial charge in [0.2, 0.25) is 0 Å². The number of hydrogen-bond donors (Lipinski definition) is 1. The maximum atomic E-state index is 13.7. The van der Waals surface area contributed by atoms with Gasteiger partial charge >= 0.3 is 0 Å². The van der Waals surface area contributed by atoms with E-state index < -0.39 is 11.7 Å². The summed E-state index contributed by atoms with van der Waals surface area (Å²) in [5.41, 5.74) is 1.25. The molecule has 0 unspecified atom stereocenters. The number of aryl methyl sites for hydroxylation is 2. The van der Waals surface area contributed by atoms with Gasteiger partial charge in [0.05, 0.1) is 17.8 Å². The predicted molar refractivity (Wildman–Crippen MR) is 65.5 cm³/mol. The van der Waals surface area contributed by atoms with Crippen LogP contribution in [-0.4, -0.2) is 15.7 Å². The Labute approximate surface area is 104 Å². The van der Waals surface area contributed by atoms with Gasteiger partial charge in [-0.05, 0) is 24.6 Å². The molecule has 1 amide bonds. The van der Waals surface area contributed by atoms with E-state index in [0.717, 1.165) is 5.69 Å². The van der Waals surface area contributed by atoms with Crippen LogP contribution >= 0.6 is 0 Å². The van der Waals surface area contributed by atoms with Crippen LogP contribution in [0.3, 0.4) is 0 Å². The summed E-state index contributed by atoms with van der Waals surface area (Å²) in [6, 6.07) is 6.56. The highest BCUT2D eigenvalue weighted by Gasteiger charge is 2.12. The molecule has 18 heavy (non-hydrogen) atoms. The van der Waals surface area contributed by atoms with Gasteiger partial charge in [0, 0.05) is 13.2 Å². The highest BCUT2D eigenvalue weighted by molar-refractivity contribution is 5.94. The monoisotopic (exact) mass is 247 g/mol. The van der Waals surface area contributed by atoms with Crippen molar-refractivity contribution >= 4 is 5.91 Å². The van der Waals surface area contributed by atoms with E-state index in [1.54, 1.807) is 43.0 Å². The van der Waals surface area contributed by atoms with E-state index in [9.17, 15) is 9.18 Å². The molecule has 1 aromatic heterocycles. The lowest BCUT2D eigenvalue weighted by Crippen LogP contribution is -2.24. The number of hydrogen-bond acceptors (Lipinski definition) is 2. The van der Waals surface area contributed by atoms with Gasteiger partial charge in [-0.2, -0.15) is 5.10 Å². The van der Waals surface area contributed by atoms with Crippen molar-refractivity contribution in [3.05, 3.63) is 53.1 Å². The van der Waals surface area contributed by atoms with Crippen molar-refractivity contribution in [3.8, 4) is 0 Å². The van der Waals surface area contributed by atoms with Crippen LogP contribution in [0.4, 0.5) is 4.39 Å². The summed E-state index contributed by atoms with van der Waals surface area (Å²) in [6.45, 7) is 1.91. The van der Waals surface area contributed by atoms with Gasteiger partial charge in [-0.1, -0.05) is 12.1 Å². The van der Waals surface area contributed by atoms with Gasteiger partial charge in [-0.3, -0.25) is 9.48 Å². The maximum absolute atomic E-state index is 13.7. The fourth-order valence-corrected chi connectivity index (χ4v) is 1.65. The molecular weight excluding hydrogens is 233 g/mol. The first-order chi connectivity index (χ1) is 8.58. The minimum absolute atomic E-state index is 0.0610. The van der Waals surface area contributed by atoms with E-state index in [2.05, 4.69) is 10.4 Å². The van der Waals surface area contributed by atoms with Crippen molar-refractivity contribution < 1.29 is 9.18 Å². The van der Waals surface area contributed by atoms with Crippen molar-refractivity contribution in [2.24, 2.45) is 7.05 Å². The van der Waals surface area contributed by atoms with E-state index in [1.807, 2.05) is 0 Å². The van der Waals surface area contributed by atoms with Crippen molar-refractivity contribution in [2.45, 2.75) is 13.5 Å². The molecule has 0 aliphatic rings. The van der Waals surface area contributed by atoms with E-state index in [0.29, 0.717) is 5.56 Å². The Hall–Kier alpha value is -2.17. The Kier molecular flexibility index (Phi) is 3.41. The van der Waals surface area contributed by atoms with Crippen LogP contribution in [0.1, 0.15) is 21.6 Å². The number of nitrogens with one attached hydrogen (secondary N) is 1. The zero-order valence-corrected chi connectivity index (χ0v) is 10.3. The average molecular weight is 247 g/mol. The zero-order valence-electron chi connectivity index (χ0n) is 10.3. The lowest BCUT2D eigenvalue weighted by Gasteiger charge is -2.06. The van der Waals surface area contributed by atoms with Gasteiger partial charge in [0.1, 0.15) is 5.82 Å². The topological polar surface area (TPSA) is 46.9 Å². The highest BCUT2D eigenvalue weighted by Crippen LogP contribution is 2.11. The van der Waals surface area contributed by atoms with Gasteiger partial charge in [0.15, 0.2) is 0 Å². The molecule has 0 saturated carbocycles. The van der Waals surface area contributed by atoms with Gasteiger partial charge in [-0.25, -0.2) is 4.39 Å². The molecular formula is C13H14FN3O. The van der Waals surface area contributed by atoms with E-state index >= 15 is 0 Å². The quantitative estimate of drug-likeness (QED) is 0.899. The van der Waals surface area contributed by atoms with E-state index in [1.165, 1.54) is 6.07 Å². The van der Waals surface area contributed by atoms with Crippen LogP contribution in [0, 0.1) is 12.7 Å². The first-order valence-electron chi connectivity index (χ1n) is 5.60. The van der Waals surface area contributed by atoms with Gasteiger partial charge in [-0.15, -0.1) is 0 Å². The van der Waals surface area contributed by atoms with Crippen LogP contribution < -0.4 is 5.32 Å². The minimum Gasteiger partial charge on any atom is -0.346 e. The second-order valence-electron chi connectivity index (χ2n) is 4.10. The summed E-state index contributed by atoms with van der Waals surface area (Å²) < 4.78 is 15.3. The number of amides is 1. The number of carbonyl (C=O) groups is 1. The van der Waals surface area contributed by atoms with Crippen molar-refractivity contribution in [1.82, 2.24) is 15.1 Å². The molecule has 94 valence electrons. The summed E-state index contributed by atoms with van der Waals surface area (Å²) >= 11 is 0. The molecule has 0 saturated heterocycles. The van der Waals surface area contributed by atoms with Crippen molar-refractivity contribution in [2.75, 3.05) is 0 Å². The van der Waals surface area contributed by atoms with Gasteiger partial charge in [0.25, 0.3) is 5.91 Å². The Morgan fingerprint density at radius 1 is 1.44 bits per heavy atom. The molecule has 4 nitrogen and oxygen atoms in total. The standard InChI is InChI=1S/C13H14FN3O/c1-9-4-3-5-11(12(9)14)13(18)15-8-10-6-7-17(2)16-10/h3-7H,8H2,1-2H3,(H,15,18). The SMILES string of the molecule is Cc1cccc(C(=O)NCc2ccn(C)n2)c1F. The normalized spacial score (nSPS) is 10.4. The van der Waals surface area contributed by atoms with E-state index in [4.69, 9.17) is 0 Å². The third-order valence-corrected chi connectivity index (χ3v) is 2.64. The number of aromatic nitrogens is 2. The van der Waals surface area contributed by atoms with E-state index in [-0.39, 0.29) is 12.1 Å². The molecule has 0 fully saturated rings. The molecule has 2 aromatic rings. The van der Waals surface area contributed by atoms with Crippen molar-refractivity contribution in [1.29, 1.82) is 0 Å².